The summed E-state index contributed by atoms with van der Waals surface area (Å²) in [6.45, 7) is 3.20. The van der Waals surface area contributed by atoms with E-state index in [1.165, 1.54) is 7.11 Å². The first kappa shape index (κ1) is 14.2. The van der Waals surface area contributed by atoms with Gasteiger partial charge in [-0.15, -0.1) is 0 Å². The maximum atomic E-state index is 11.8. The van der Waals surface area contributed by atoms with Gasteiger partial charge in [-0.3, -0.25) is 4.79 Å². The average Bonchev–Trinajstić information content (AvgIpc) is 2.09. The molecule has 0 aliphatic rings. The van der Waals surface area contributed by atoms with Crippen molar-refractivity contribution in [1.82, 2.24) is 5.32 Å². The van der Waals surface area contributed by atoms with Gasteiger partial charge in [0.25, 0.3) is 0 Å². The molecule has 0 saturated heterocycles. The lowest BCUT2D eigenvalue weighted by molar-refractivity contribution is -0.146. The Morgan fingerprint density at radius 3 is 2.27 bits per heavy atom. The largest absolute Gasteiger partial charge is 0.468 e. The van der Waals surface area contributed by atoms with E-state index in [1.54, 1.807) is 13.8 Å². The second kappa shape index (κ2) is 5.95. The summed E-state index contributed by atoms with van der Waals surface area (Å²) in [5.74, 6) is -0.641. The molecule has 3 nitrogen and oxygen atoms in total. The van der Waals surface area contributed by atoms with E-state index in [0.29, 0.717) is 0 Å². The van der Waals surface area contributed by atoms with Gasteiger partial charge in [0.15, 0.2) is 0 Å². The molecule has 0 bridgehead atoms. The van der Waals surface area contributed by atoms with Crippen LogP contribution in [-0.2, 0) is 9.53 Å². The van der Waals surface area contributed by atoms with Crippen molar-refractivity contribution in [2.75, 3.05) is 13.7 Å². The number of hydrogen-bond donors (Lipinski definition) is 1. The van der Waals surface area contributed by atoms with Crippen molar-refractivity contribution >= 4 is 5.97 Å². The van der Waals surface area contributed by atoms with Crippen molar-refractivity contribution in [3.63, 3.8) is 0 Å². The third-order valence-corrected chi connectivity index (χ3v) is 1.89. The first-order valence-corrected chi connectivity index (χ1v) is 4.66. The van der Waals surface area contributed by atoms with E-state index in [2.05, 4.69) is 10.1 Å². The molecule has 0 spiro atoms. The lowest BCUT2D eigenvalue weighted by Crippen LogP contribution is -2.43. The standard InChI is InChI=1S/C9H16F3NO2/c1-6(2)7(8(14)15-3)13-5-4-9(10,11)12/h6-7,13H,4-5H2,1-3H3. The number of nitrogens with one attached hydrogen (secondary N) is 1. The summed E-state index contributed by atoms with van der Waals surface area (Å²) < 4.78 is 40.0. The smallest absolute Gasteiger partial charge is 0.390 e. The number of methoxy groups -OCH3 is 1. The van der Waals surface area contributed by atoms with Crippen molar-refractivity contribution < 1.29 is 22.7 Å². The van der Waals surface area contributed by atoms with Crippen LogP contribution in [0.1, 0.15) is 20.3 Å². The van der Waals surface area contributed by atoms with E-state index in [0.717, 1.165) is 0 Å². The van der Waals surface area contributed by atoms with Crippen LogP contribution >= 0.6 is 0 Å². The molecule has 0 aliphatic heterocycles. The van der Waals surface area contributed by atoms with Gasteiger partial charge >= 0.3 is 12.1 Å². The molecule has 1 atom stereocenters. The molecule has 1 unspecified atom stereocenters. The van der Waals surface area contributed by atoms with Crippen LogP contribution in [0.4, 0.5) is 13.2 Å². The Bertz CT molecular complexity index is 204. The van der Waals surface area contributed by atoms with Gasteiger partial charge in [-0.1, -0.05) is 13.8 Å². The second-order valence-electron chi connectivity index (χ2n) is 3.56. The predicted molar refractivity (Wildman–Crippen MR) is 49.3 cm³/mol. The van der Waals surface area contributed by atoms with Gasteiger partial charge < -0.3 is 10.1 Å². The number of alkyl halides is 3. The molecule has 15 heavy (non-hydrogen) atoms. The minimum absolute atomic E-state index is 0.106. The van der Waals surface area contributed by atoms with Crippen molar-refractivity contribution in [2.45, 2.75) is 32.5 Å². The molecule has 1 N–H and O–H groups in total. The fourth-order valence-electron chi connectivity index (χ4n) is 1.09. The van der Waals surface area contributed by atoms with E-state index in [1.807, 2.05) is 0 Å². The molecule has 0 aromatic heterocycles. The highest BCUT2D eigenvalue weighted by Crippen LogP contribution is 2.18. The average molecular weight is 227 g/mol. The third kappa shape index (κ3) is 6.33. The molecule has 0 amide bonds. The van der Waals surface area contributed by atoms with Crippen molar-refractivity contribution in [3.8, 4) is 0 Å². The SMILES string of the molecule is COC(=O)C(NCCC(F)(F)F)C(C)C. The van der Waals surface area contributed by atoms with Gasteiger partial charge in [0.2, 0.25) is 0 Å². The molecule has 0 fully saturated rings. The zero-order valence-corrected chi connectivity index (χ0v) is 9.02. The minimum Gasteiger partial charge on any atom is -0.468 e. The highest BCUT2D eigenvalue weighted by Gasteiger charge is 2.28. The number of esters is 1. The Kier molecular flexibility index (Phi) is 5.64. The zero-order valence-electron chi connectivity index (χ0n) is 9.02. The van der Waals surface area contributed by atoms with Gasteiger partial charge in [-0.25, -0.2) is 0 Å². The first-order chi connectivity index (χ1) is 6.78. The number of rotatable bonds is 5. The normalized spacial score (nSPS) is 14.1. The van der Waals surface area contributed by atoms with E-state index < -0.39 is 24.6 Å². The van der Waals surface area contributed by atoms with Crippen molar-refractivity contribution in [1.29, 1.82) is 0 Å². The van der Waals surface area contributed by atoms with Gasteiger partial charge in [-0.2, -0.15) is 13.2 Å². The zero-order chi connectivity index (χ0) is 12.1. The van der Waals surface area contributed by atoms with Gasteiger partial charge in [0.05, 0.1) is 13.5 Å². The number of carbonyl (C=O) groups is 1. The summed E-state index contributed by atoms with van der Waals surface area (Å²) in [4.78, 5) is 11.1. The molecule has 90 valence electrons. The first-order valence-electron chi connectivity index (χ1n) is 4.66. The molecule has 0 saturated carbocycles. The molecule has 0 rings (SSSR count). The topological polar surface area (TPSA) is 38.3 Å². The number of halogens is 3. The number of carbonyl (C=O) groups excluding carboxylic acids is 1. The van der Waals surface area contributed by atoms with Crippen molar-refractivity contribution in [3.05, 3.63) is 0 Å². The Labute approximate surface area is 87.0 Å². The molecule has 6 heteroatoms. The van der Waals surface area contributed by atoms with E-state index in [-0.39, 0.29) is 12.5 Å². The monoisotopic (exact) mass is 227 g/mol. The van der Waals surface area contributed by atoms with Crippen LogP contribution in [0.5, 0.6) is 0 Å². The predicted octanol–water partition coefficient (Wildman–Crippen LogP) is 1.73. The lowest BCUT2D eigenvalue weighted by atomic mass is 10.0. The highest BCUT2D eigenvalue weighted by atomic mass is 19.4. The Morgan fingerprint density at radius 2 is 1.93 bits per heavy atom. The number of ether oxygens (including phenoxy) is 1. The summed E-state index contributed by atoms with van der Waals surface area (Å²) in [5.41, 5.74) is 0. The summed E-state index contributed by atoms with van der Waals surface area (Å²) in [5, 5.41) is 2.53. The third-order valence-electron chi connectivity index (χ3n) is 1.89. The fourth-order valence-corrected chi connectivity index (χ4v) is 1.09. The van der Waals surface area contributed by atoms with Gasteiger partial charge in [0, 0.05) is 6.54 Å². The summed E-state index contributed by atoms with van der Waals surface area (Å²) in [6.07, 6.45) is -5.15. The Balaban J connectivity index is 4.04. The fraction of sp³-hybridized carbons (Fsp3) is 0.889. The molecular weight excluding hydrogens is 211 g/mol. The number of hydrogen-bond acceptors (Lipinski definition) is 3. The van der Waals surface area contributed by atoms with Crippen LogP contribution in [-0.4, -0.2) is 31.8 Å². The maximum Gasteiger partial charge on any atom is 0.390 e. The quantitative estimate of drug-likeness (QED) is 0.727. The minimum atomic E-state index is -4.20. The Morgan fingerprint density at radius 1 is 1.40 bits per heavy atom. The highest BCUT2D eigenvalue weighted by molar-refractivity contribution is 5.75. The van der Waals surface area contributed by atoms with E-state index in [4.69, 9.17) is 0 Å². The molecule has 0 radical (unpaired) electrons. The van der Waals surface area contributed by atoms with Crippen LogP contribution in [0, 0.1) is 5.92 Å². The summed E-state index contributed by atoms with van der Waals surface area (Å²) >= 11 is 0. The van der Waals surface area contributed by atoms with Gasteiger partial charge in [-0.05, 0) is 5.92 Å². The van der Waals surface area contributed by atoms with Gasteiger partial charge in [0.1, 0.15) is 6.04 Å². The van der Waals surface area contributed by atoms with Crippen LogP contribution in [0.15, 0.2) is 0 Å². The van der Waals surface area contributed by atoms with Crippen LogP contribution < -0.4 is 5.32 Å². The Hall–Kier alpha value is -0.780. The molecule has 0 aliphatic carbocycles. The second-order valence-corrected chi connectivity index (χ2v) is 3.56. The van der Waals surface area contributed by atoms with Crippen LogP contribution in [0.25, 0.3) is 0 Å². The molecule has 0 heterocycles. The molecule has 0 aromatic rings. The lowest BCUT2D eigenvalue weighted by Gasteiger charge is -2.20. The molecule has 0 aromatic carbocycles. The molecular formula is C9H16F3NO2. The summed E-state index contributed by atoms with van der Waals surface area (Å²) in [6, 6.07) is -0.683. The van der Waals surface area contributed by atoms with E-state index >= 15 is 0 Å². The summed E-state index contributed by atoms with van der Waals surface area (Å²) in [7, 11) is 1.21. The van der Waals surface area contributed by atoms with Crippen LogP contribution in [0.3, 0.4) is 0 Å². The maximum absolute atomic E-state index is 11.8. The van der Waals surface area contributed by atoms with Crippen LogP contribution in [0.2, 0.25) is 0 Å². The van der Waals surface area contributed by atoms with Crippen molar-refractivity contribution in [2.24, 2.45) is 5.92 Å². The van der Waals surface area contributed by atoms with E-state index in [9.17, 15) is 18.0 Å².